The standard InChI is InChI=1S/C25H37N7O7/c26-16(14-15-6-2-1-3-7-15)21(35)30-17(8-4-12-29-25(27)28)22(36)31-18(10-11-20(33)34)23(37)32-13-5-9-19(32)24(38)39/h1-3,6-7,16-19H,4-5,8-14,26H2,(H,30,35)(H,31,36)(H,33,34)(H,38,39)(H4,27,28,29). The number of rotatable bonds is 15. The van der Waals surface area contributed by atoms with E-state index in [-0.39, 0.29) is 44.7 Å². The largest absolute Gasteiger partial charge is 0.481 e. The number of carboxylic acids is 2. The lowest BCUT2D eigenvalue weighted by molar-refractivity contribution is -0.150. The van der Waals surface area contributed by atoms with Crippen molar-refractivity contribution in [2.75, 3.05) is 13.1 Å². The molecule has 0 saturated carbocycles. The molecule has 0 spiro atoms. The van der Waals surface area contributed by atoms with Crippen LogP contribution >= 0.6 is 0 Å². The summed E-state index contributed by atoms with van der Waals surface area (Å²) >= 11 is 0. The first-order valence-corrected chi connectivity index (χ1v) is 12.7. The van der Waals surface area contributed by atoms with Crippen molar-refractivity contribution in [2.24, 2.45) is 22.2 Å². The molecule has 1 heterocycles. The molecule has 214 valence electrons. The molecule has 0 bridgehead atoms. The molecule has 14 nitrogen and oxygen atoms in total. The molecule has 1 saturated heterocycles. The summed E-state index contributed by atoms with van der Waals surface area (Å²) in [5.74, 6) is -4.54. The first-order chi connectivity index (χ1) is 18.5. The van der Waals surface area contributed by atoms with Crippen molar-refractivity contribution in [3.05, 3.63) is 35.9 Å². The molecule has 4 unspecified atom stereocenters. The minimum atomic E-state index is -1.30. The van der Waals surface area contributed by atoms with Gasteiger partial charge in [0.2, 0.25) is 17.7 Å². The molecule has 0 aromatic heterocycles. The van der Waals surface area contributed by atoms with E-state index < -0.39 is 60.2 Å². The molecule has 3 amide bonds. The molecular formula is C25H37N7O7. The maximum absolute atomic E-state index is 13.3. The highest BCUT2D eigenvalue weighted by Crippen LogP contribution is 2.20. The molecule has 39 heavy (non-hydrogen) atoms. The van der Waals surface area contributed by atoms with Gasteiger partial charge in [0.25, 0.3) is 0 Å². The summed E-state index contributed by atoms with van der Waals surface area (Å²) in [6.07, 6.45) is 0.629. The fourth-order valence-corrected chi connectivity index (χ4v) is 4.30. The van der Waals surface area contributed by atoms with Gasteiger partial charge >= 0.3 is 11.9 Å². The Balaban J connectivity index is 2.17. The molecule has 14 heteroatoms. The van der Waals surface area contributed by atoms with Gasteiger partial charge < -0.3 is 42.9 Å². The lowest BCUT2D eigenvalue weighted by Crippen LogP contribution is -2.57. The Morgan fingerprint density at radius 3 is 2.28 bits per heavy atom. The van der Waals surface area contributed by atoms with Crippen LogP contribution in [0, 0.1) is 0 Å². The van der Waals surface area contributed by atoms with Crippen molar-refractivity contribution in [1.29, 1.82) is 0 Å². The minimum Gasteiger partial charge on any atom is -0.481 e. The van der Waals surface area contributed by atoms with E-state index in [0.717, 1.165) is 10.5 Å². The van der Waals surface area contributed by atoms with E-state index in [9.17, 15) is 29.1 Å². The van der Waals surface area contributed by atoms with Gasteiger partial charge in [0.1, 0.15) is 18.1 Å². The van der Waals surface area contributed by atoms with E-state index in [1.54, 1.807) is 0 Å². The summed E-state index contributed by atoms with van der Waals surface area (Å²) in [6, 6.07) is 4.61. The number of carboxylic acid groups (broad SMARTS) is 2. The van der Waals surface area contributed by atoms with Gasteiger partial charge in [-0.15, -0.1) is 0 Å². The van der Waals surface area contributed by atoms with Crippen LogP contribution in [-0.4, -0.2) is 88.0 Å². The third-order valence-corrected chi connectivity index (χ3v) is 6.30. The molecule has 2 rings (SSSR count). The number of hydrogen-bond acceptors (Lipinski definition) is 7. The van der Waals surface area contributed by atoms with Gasteiger partial charge in [-0.2, -0.15) is 0 Å². The topological polar surface area (TPSA) is 244 Å². The highest BCUT2D eigenvalue weighted by Gasteiger charge is 2.38. The highest BCUT2D eigenvalue weighted by atomic mass is 16.4. The van der Waals surface area contributed by atoms with Crippen molar-refractivity contribution >= 4 is 35.6 Å². The first-order valence-electron chi connectivity index (χ1n) is 12.7. The third-order valence-electron chi connectivity index (χ3n) is 6.30. The van der Waals surface area contributed by atoms with Crippen molar-refractivity contribution in [3.8, 4) is 0 Å². The molecule has 1 fully saturated rings. The predicted molar refractivity (Wildman–Crippen MR) is 141 cm³/mol. The number of nitrogens with zero attached hydrogens (tertiary/aromatic N) is 2. The van der Waals surface area contributed by atoms with E-state index in [4.69, 9.17) is 22.3 Å². The molecule has 1 aromatic rings. The molecule has 0 radical (unpaired) electrons. The normalized spacial score (nSPS) is 16.9. The number of hydrogen-bond donors (Lipinski definition) is 7. The average molecular weight is 548 g/mol. The van der Waals surface area contributed by atoms with Gasteiger partial charge in [0.15, 0.2) is 5.96 Å². The number of carbonyl (C=O) groups is 5. The second-order valence-corrected chi connectivity index (χ2v) is 9.33. The van der Waals surface area contributed by atoms with E-state index >= 15 is 0 Å². The summed E-state index contributed by atoms with van der Waals surface area (Å²) in [7, 11) is 0. The maximum atomic E-state index is 13.3. The van der Waals surface area contributed by atoms with Gasteiger partial charge in [-0.25, -0.2) is 4.79 Å². The lowest BCUT2D eigenvalue weighted by Gasteiger charge is -2.29. The number of guanidine groups is 1. The smallest absolute Gasteiger partial charge is 0.326 e. The van der Waals surface area contributed by atoms with Crippen LogP contribution in [-0.2, 0) is 30.4 Å². The Hall–Kier alpha value is -4.20. The van der Waals surface area contributed by atoms with Crippen molar-refractivity contribution in [3.63, 3.8) is 0 Å². The number of aliphatic imine (C=N–C) groups is 1. The molecule has 4 atom stereocenters. The van der Waals surface area contributed by atoms with Crippen LogP contribution in [0.4, 0.5) is 0 Å². The van der Waals surface area contributed by atoms with Crippen LogP contribution in [0.3, 0.4) is 0 Å². The summed E-state index contributed by atoms with van der Waals surface area (Å²) in [5.41, 5.74) is 17.6. The van der Waals surface area contributed by atoms with Crippen molar-refractivity contribution in [1.82, 2.24) is 15.5 Å². The lowest BCUT2D eigenvalue weighted by atomic mass is 10.0. The Morgan fingerprint density at radius 1 is 1.00 bits per heavy atom. The predicted octanol–water partition coefficient (Wildman–Crippen LogP) is -1.48. The van der Waals surface area contributed by atoms with Gasteiger partial charge in [-0.05, 0) is 44.1 Å². The Morgan fingerprint density at radius 2 is 1.67 bits per heavy atom. The fourth-order valence-electron chi connectivity index (χ4n) is 4.30. The molecule has 1 aliphatic rings. The summed E-state index contributed by atoms with van der Waals surface area (Å²) in [6.45, 7) is 0.343. The van der Waals surface area contributed by atoms with Crippen LogP contribution in [0.25, 0.3) is 0 Å². The van der Waals surface area contributed by atoms with E-state index in [2.05, 4.69) is 15.6 Å². The zero-order valence-electron chi connectivity index (χ0n) is 21.6. The van der Waals surface area contributed by atoms with Crippen LogP contribution in [0.5, 0.6) is 0 Å². The highest BCUT2D eigenvalue weighted by molar-refractivity contribution is 5.94. The van der Waals surface area contributed by atoms with Crippen molar-refractivity contribution < 1.29 is 34.2 Å². The molecular weight excluding hydrogens is 510 g/mol. The van der Waals surface area contributed by atoms with E-state index in [1.807, 2.05) is 30.3 Å². The number of benzene rings is 1. The third kappa shape index (κ3) is 10.2. The Bertz CT molecular complexity index is 1050. The molecule has 0 aliphatic carbocycles. The van der Waals surface area contributed by atoms with Gasteiger partial charge in [-0.1, -0.05) is 30.3 Å². The second kappa shape index (κ2) is 15.3. The van der Waals surface area contributed by atoms with Gasteiger partial charge in [0.05, 0.1) is 6.04 Å². The quantitative estimate of drug-likeness (QED) is 0.0762. The minimum absolute atomic E-state index is 0.0910. The number of nitrogens with one attached hydrogen (secondary N) is 2. The van der Waals surface area contributed by atoms with Crippen LogP contribution in [0.15, 0.2) is 35.3 Å². The zero-order chi connectivity index (χ0) is 28.9. The van der Waals surface area contributed by atoms with Crippen LogP contribution < -0.4 is 27.8 Å². The van der Waals surface area contributed by atoms with Crippen LogP contribution in [0.2, 0.25) is 0 Å². The number of likely N-dealkylation sites (tertiary alicyclic amines) is 1. The summed E-state index contributed by atoms with van der Waals surface area (Å²) < 4.78 is 0. The summed E-state index contributed by atoms with van der Waals surface area (Å²) in [5, 5.41) is 23.7. The second-order valence-electron chi connectivity index (χ2n) is 9.33. The van der Waals surface area contributed by atoms with Gasteiger partial charge in [0, 0.05) is 19.5 Å². The van der Waals surface area contributed by atoms with E-state index in [1.165, 1.54) is 0 Å². The fraction of sp³-hybridized carbons (Fsp3) is 0.520. The van der Waals surface area contributed by atoms with E-state index in [0.29, 0.717) is 12.8 Å². The monoisotopic (exact) mass is 547 g/mol. The SMILES string of the molecule is NC(N)=NCCCC(NC(=O)C(N)Cc1ccccc1)C(=O)NC(CCC(=O)O)C(=O)N1CCCC1C(=O)O. The molecule has 10 N–H and O–H groups in total. The maximum Gasteiger partial charge on any atom is 0.326 e. The zero-order valence-corrected chi connectivity index (χ0v) is 21.6. The average Bonchev–Trinajstić information content (AvgIpc) is 3.38. The number of nitrogens with two attached hydrogens (primary N) is 3. The molecule has 1 aliphatic heterocycles. The number of carbonyl (C=O) groups excluding carboxylic acids is 3. The number of amides is 3. The Labute approximate surface area is 226 Å². The Kier molecular flexibility index (Phi) is 12.1. The van der Waals surface area contributed by atoms with Gasteiger partial charge in [-0.3, -0.25) is 24.2 Å². The molecule has 1 aromatic carbocycles. The van der Waals surface area contributed by atoms with Crippen molar-refractivity contribution in [2.45, 2.75) is 69.1 Å². The first kappa shape index (κ1) is 31.0. The number of aliphatic carboxylic acids is 2. The van der Waals surface area contributed by atoms with Crippen LogP contribution in [0.1, 0.15) is 44.1 Å². The summed E-state index contributed by atoms with van der Waals surface area (Å²) in [4.78, 5) is 67.1.